The quantitative estimate of drug-likeness (QED) is 0.753. The summed E-state index contributed by atoms with van der Waals surface area (Å²) in [7, 11) is 0. The molecule has 1 heterocycles. The third kappa shape index (κ3) is 5.64. The molecule has 1 fully saturated rings. The second kappa shape index (κ2) is 9.18. The summed E-state index contributed by atoms with van der Waals surface area (Å²) in [6.07, 6.45) is 2.80. The summed E-state index contributed by atoms with van der Waals surface area (Å²) >= 11 is 0. The molecule has 0 bridgehead atoms. The predicted molar refractivity (Wildman–Crippen MR) is 111 cm³/mol. The number of carbonyl (C=O) groups is 1. The van der Waals surface area contributed by atoms with Gasteiger partial charge < -0.3 is 15.0 Å². The van der Waals surface area contributed by atoms with Crippen molar-refractivity contribution in [3.63, 3.8) is 0 Å². The molecular weight excluding hydrogens is 374 g/mol. The van der Waals surface area contributed by atoms with Gasteiger partial charge in [-0.1, -0.05) is 12.1 Å². The van der Waals surface area contributed by atoms with Crippen LogP contribution in [0, 0.1) is 11.6 Å². The Morgan fingerprint density at radius 1 is 1.17 bits per heavy atom. The van der Waals surface area contributed by atoms with E-state index >= 15 is 0 Å². The highest BCUT2D eigenvalue weighted by Crippen LogP contribution is 2.24. The minimum absolute atomic E-state index is 0.0327. The molecule has 1 aliphatic heterocycles. The monoisotopic (exact) mass is 400 g/mol. The Labute approximate surface area is 170 Å². The lowest BCUT2D eigenvalue weighted by Gasteiger charge is -2.37. The van der Waals surface area contributed by atoms with Gasteiger partial charge in [-0.15, -0.1) is 0 Å². The van der Waals surface area contributed by atoms with E-state index in [4.69, 9.17) is 4.74 Å². The van der Waals surface area contributed by atoms with Gasteiger partial charge in [0, 0.05) is 30.4 Å². The largest absolute Gasteiger partial charge is 0.372 e. The average molecular weight is 400 g/mol. The molecule has 0 radical (unpaired) electrons. The van der Waals surface area contributed by atoms with Crippen molar-refractivity contribution in [1.82, 2.24) is 5.32 Å². The molecule has 1 amide bonds. The summed E-state index contributed by atoms with van der Waals surface area (Å²) in [5.41, 5.74) is 2.08. The summed E-state index contributed by atoms with van der Waals surface area (Å²) < 4.78 is 32.7. The van der Waals surface area contributed by atoms with Crippen molar-refractivity contribution >= 4 is 17.7 Å². The lowest BCUT2D eigenvalue weighted by Crippen LogP contribution is -2.45. The Hall–Kier alpha value is -2.73. The van der Waals surface area contributed by atoms with Crippen LogP contribution in [0.2, 0.25) is 0 Å². The number of hydrogen-bond donors (Lipinski definition) is 1. The maximum atomic E-state index is 13.7. The van der Waals surface area contributed by atoms with E-state index in [0.29, 0.717) is 0 Å². The number of morpholine rings is 1. The Kier molecular flexibility index (Phi) is 6.64. The summed E-state index contributed by atoms with van der Waals surface area (Å²) in [4.78, 5) is 14.5. The van der Waals surface area contributed by atoms with Gasteiger partial charge in [0.15, 0.2) is 0 Å². The van der Waals surface area contributed by atoms with Crippen LogP contribution in [0.1, 0.15) is 37.9 Å². The van der Waals surface area contributed by atoms with Gasteiger partial charge in [0.2, 0.25) is 5.91 Å². The molecule has 0 unspecified atom stereocenters. The molecule has 3 rings (SSSR count). The molecule has 0 spiro atoms. The standard InChI is InChI=1S/C23H26F2N2O2/c1-15-13-27(14-16(2)29-15)21-6-4-5-18(12-21)17(3)26-23(28)10-7-19-11-20(24)8-9-22(19)25/h4-12,15-17H,13-14H2,1-3H3,(H,26,28)/b10-7+/t15-,16+,17-/m0/s1. The van der Waals surface area contributed by atoms with E-state index in [0.717, 1.165) is 42.5 Å². The van der Waals surface area contributed by atoms with Gasteiger partial charge in [0.1, 0.15) is 11.6 Å². The molecule has 6 heteroatoms. The van der Waals surface area contributed by atoms with Crippen molar-refractivity contribution in [2.24, 2.45) is 0 Å². The normalized spacial score (nSPS) is 20.7. The molecule has 2 aromatic carbocycles. The van der Waals surface area contributed by atoms with Crippen LogP contribution < -0.4 is 10.2 Å². The lowest BCUT2D eigenvalue weighted by molar-refractivity contribution is -0.117. The topological polar surface area (TPSA) is 41.6 Å². The Morgan fingerprint density at radius 2 is 1.90 bits per heavy atom. The number of carbonyl (C=O) groups excluding carboxylic acids is 1. The smallest absolute Gasteiger partial charge is 0.244 e. The van der Waals surface area contributed by atoms with Gasteiger partial charge in [-0.3, -0.25) is 4.79 Å². The third-order valence-electron chi connectivity index (χ3n) is 4.89. The molecule has 0 aliphatic carbocycles. The average Bonchev–Trinajstić information content (AvgIpc) is 2.68. The highest BCUT2D eigenvalue weighted by molar-refractivity contribution is 5.92. The Balaban J connectivity index is 1.66. The maximum absolute atomic E-state index is 13.7. The van der Waals surface area contributed by atoms with Crippen LogP contribution in [0.5, 0.6) is 0 Å². The van der Waals surface area contributed by atoms with E-state index in [1.54, 1.807) is 0 Å². The van der Waals surface area contributed by atoms with Crippen molar-refractivity contribution in [1.29, 1.82) is 0 Å². The van der Waals surface area contributed by atoms with Gasteiger partial charge in [0.05, 0.1) is 18.2 Å². The minimum Gasteiger partial charge on any atom is -0.372 e. The molecule has 0 saturated carbocycles. The van der Waals surface area contributed by atoms with Gasteiger partial charge >= 0.3 is 0 Å². The van der Waals surface area contributed by atoms with Crippen LogP contribution in [-0.2, 0) is 9.53 Å². The highest BCUT2D eigenvalue weighted by atomic mass is 19.1. The molecule has 1 N–H and O–H groups in total. The number of nitrogens with one attached hydrogen (secondary N) is 1. The summed E-state index contributed by atoms with van der Waals surface area (Å²) in [6.45, 7) is 7.64. The summed E-state index contributed by atoms with van der Waals surface area (Å²) in [6, 6.07) is 10.9. The van der Waals surface area contributed by atoms with E-state index in [-0.39, 0.29) is 29.7 Å². The number of anilines is 1. The van der Waals surface area contributed by atoms with Crippen molar-refractivity contribution in [2.75, 3.05) is 18.0 Å². The van der Waals surface area contributed by atoms with Gasteiger partial charge in [-0.2, -0.15) is 0 Å². The van der Waals surface area contributed by atoms with Crippen LogP contribution in [0.15, 0.2) is 48.5 Å². The second-order valence-corrected chi connectivity index (χ2v) is 7.49. The first-order valence-corrected chi connectivity index (χ1v) is 9.76. The molecule has 0 aromatic heterocycles. The van der Waals surface area contributed by atoms with E-state index in [9.17, 15) is 13.6 Å². The number of nitrogens with zero attached hydrogens (tertiary/aromatic N) is 1. The fourth-order valence-corrected chi connectivity index (χ4v) is 3.53. The number of halogens is 2. The highest BCUT2D eigenvalue weighted by Gasteiger charge is 2.22. The Bertz CT molecular complexity index is 890. The molecular formula is C23H26F2N2O2. The van der Waals surface area contributed by atoms with Crippen LogP contribution in [0.4, 0.5) is 14.5 Å². The number of benzene rings is 2. The van der Waals surface area contributed by atoms with E-state index < -0.39 is 11.6 Å². The van der Waals surface area contributed by atoms with E-state index in [1.807, 2.05) is 19.1 Å². The summed E-state index contributed by atoms with van der Waals surface area (Å²) in [5.74, 6) is -1.51. The third-order valence-corrected chi connectivity index (χ3v) is 4.89. The summed E-state index contributed by atoms with van der Waals surface area (Å²) in [5, 5.41) is 2.86. The van der Waals surface area contributed by atoms with Crippen molar-refractivity contribution in [2.45, 2.75) is 39.0 Å². The number of rotatable bonds is 5. The second-order valence-electron chi connectivity index (χ2n) is 7.49. The van der Waals surface area contributed by atoms with Crippen molar-refractivity contribution < 1.29 is 18.3 Å². The Morgan fingerprint density at radius 3 is 2.62 bits per heavy atom. The zero-order chi connectivity index (χ0) is 21.0. The number of hydrogen-bond acceptors (Lipinski definition) is 3. The molecule has 29 heavy (non-hydrogen) atoms. The zero-order valence-corrected chi connectivity index (χ0v) is 16.9. The molecule has 1 aliphatic rings. The minimum atomic E-state index is -0.579. The number of amides is 1. The van der Waals surface area contributed by atoms with E-state index in [1.165, 1.54) is 12.2 Å². The molecule has 4 nitrogen and oxygen atoms in total. The zero-order valence-electron chi connectivity index (χ0n) is 16.9. The van der Waals surface area contributed by atoms with Crippen molar-refractivity contribution in [3.8, 4) is 0 Å². The van der Waals surface area contributed by atoms with Gasteiger partial charge in [-0.25, -0.2) is 8.78 Å². The fraction of sp³-hybridized carbons (Fsp3) is 0.348. The van der Waals surface area contributed by atoms with Crippen LogP contribution in [0.3, 0.4) is 0 Å². The predicted octanol–water partition coefficient (Wildman–Crippen LogP) is 4.47. The molecule has 154 valence electrons. The fourth-order valence-electron chi connectivity index (χ4n) is 3.53. The molecule has 3 atom stereocenters. The lowest BCUT2D eigenvalue weighted by atomic mass is 10.1. The van der Waals surface area contributed by atoms with Gasteiger partial charge in [0.25, 0.3) is 0 Å². The first-order chi connectivity index (χ1) is 13.8. The van der Waals surface area contributed by atoms with Crippen LogP contribution in [-0.4, -0.2) is 31.2 Å². The van der Waals surface area contributed by atoms with E-state index in [2.05, 4.69) is 36.2 Å². The van der Waals surface area contributed by atoms with Crippen LogP contribution >= 0.6 is 0 Å². The van der Waals surface area contributed by atoms with Crippen molar-refractivity contribution in [3.05, 3.63) is 71.3 Å². The maximum Gasteiger partial charge on any atom is 0.244 e. The van der Waals surface area contributed by atoms with Gasteiger partial charge in [-0.05, 0) is 62.7 Å². The SMILES string of the molecule is C[C@@H]1CN(c2cccc([C@H](C)NC(=O)/C=C/c3cc(F)ccc3F)c2)C[C@H](C)O1. The first-order valence-electron chi connectivity index (χ1n) is 9.76. The van der Waals surface area contributed by atoms with Crippen LogP contribution in [0.25, 0.3) is 6.08 Å². The molecule has 2 aromatic rings. The number of ether oxygens (including phenoxy) is 1. The molecule has 1 saturated heterocycles. The first kappa shape index (κ1) is 21.0.